The number of benzene rings is 7. The van der Waals surface area contributed by atoms with E-state index in [1.54, 1.807) is 0 Å². The summed E-state index contributed by atoms with van der Waals surface area (Å²) >= 11 is 0. The van der Waals surface area contributed by atoms with Gasteiger partial charge < -0.3 is 8.98 Å². The summed E-state index contributed by atoms with van der Waals surface area (Å²) in [6.45, 7) is 0. The molecule has 0 amide bonds. The van der Waals surface area contributed by atoms with Gasteiger partial charge in [-0.1, -0.05) is 103 Å². The summed E-state index contributed by atoms with van der Waals surface area (Å²) < 4.78 is 11.1. The number of furan rings is 1. The molecule has 4 heterocycles. The van der Waals surface area contributed by atoms with Crippen LogP contribution in [0.2, 0.25) is 0 Å². The third-order valence-corrected chi connectivity index (χ3v) is 10.3. The fourth-order valence-electron chi connectivity index (χ4n) is 8.01. The van der Waals surface area contributed by atoms with Crippen LogP contribution in [-0.2, 0) is 0 Å². The Balaban J connectivity index is 1.13. The van der Waals surface area contributed by atoms with Crippen molar-refractivity contribution in [2.45, 2.75) is 0 Å². The number of nitrogens with zero attached hydrogens (tertiary/aromatic N) is 3. The van der Waals surface area contributed by atoms with E-state index in [4.69, 9.17) is 9.40 Å². The molecule has 0 N–H and O–H groups in total. The Morgan fingerprint density at radius 3 is 1.47 bits per heavy atom. The molecule has 4 heteroatoms. The quantitative estimate of drug-likeness (QED) is 0.190. The number of aromatic nitrogens is 3. The van der Waals surface area contributed by atoms with Gasteiger partial charge in [0.15, 0.2) is 0 Å². The molecule has 0 bridgehead atoms. The first-order valence-corrected chi connectivity index (χ1v) is 17.3. The first-order chi connectivity index (χ1) is 25.3. The maximum atomic E-state index is 6.43. The Morgan fingerprint density at radius 2 is 0.863 bits per heavy atom. The molecule has 51 heavy (non-hydrogen) atoms. The van der Waals surface area contributed by atoms with Gasteiger partial charge in [0.2, 0.25) is 0 Å². The highest BCUT2D eigenvalue weighted by atomic mass is 16.3. The van der Waals surface area contributed by atoms with Crippen LogP contribution in [0, 0.1) is 0 Å². The summed E-state index contributed by atoms with van der Waals surface area (Å²) in [6, 6.07) is 62.4. The lowest BCUT2D eigenvalue weighted by molar-refractivity contribution is 0.669. The van der Waals surface area contributed by atoms with Gasteiger partial charge in [0.05, 0.1) is 27.8 Å². The summed E-state index contributed by atoms with van der Waals surface area (Å²) in [5, 5.41) is 7.06. The van der Waals surface area contributed by atoms with E-state index < -0.39 is 0 Å². The highest BCUT2D eigenvalue weighted by Gasteiger charge is 2.18. The van der Waals surface area contributed by atoms with Crippen molar-refractivity contribution in [3.8, 4) is 33.9 Å². The highest BCUT2D eigenvalue weighted by molar-refractivity contribution is 6.11. The molecule has 0 radical (unpaired) electrons. The minimum Gasteiger partial charge on any atom is -0.456 e. The van der Waals surface area contributed by atoms with Crippen LogP contribution in [0.1, 0.15) is 0 Å². The van der Waals surface area contributed by atoms with Gasteiger partial charge in [0.25, 0.3) is 0 Å². The summed E-state index contributed by atoms with van der Waals surface area (Å²) in [4.78, 5) is 5.40. The average molecular weight is 652 g/mol. The second kappa shape index (κ2) is 10.8. The van der Waals surface area contributed by atoms with Gasteiger partial charge in [-0.05, 0) is 83.9 Å². The van der Waals surface area contributed by atoms with Crippen LogP contribution in [-0.4, -0.2) is 14.1 Å². The van der Waals surface area contributed by atoms with Gasteiger partial charge in [0.1, 0.15) is 17.0 Å². The van der Waals surface area contributed by atoms with Crippen molar-refractivity contribution < 1.29 is 4.42 Å². The van der Waals surface area contributed by atoms with Crippen LogP contribution >= 0.6 is 0 Å². The van der Waals surface area contributed by atoms with Gasteiger partial charge in [0, 0.05) is 43.6 Å². The zero-order valence-electron chi connectivity index (χ0n) is 27.5. The van der Waals surface area contributed by atoms with Crippen molar-refractivity contribution in [1.29, 1.82) is 0 Å². The molecular formula is C47H29N3O. The smallest absolute Gasteiger partial charge is 0.138 e. The molecule has 0 aliphatic carbocycles. The predicted octanol–water partition coefficient (Wildman–Crippen LogP) is 12.5. The van der Waals surface area contributed by atoms with Crippen molar-refractivity contribution in [2.24, 2.45) is 0 Å². The van der Waals surface area contributed by atoms with Gasteiger partial charge in [-0.2, -0.15) is 0 Å². The average Bonchev–Trinajstić information content (AvgIpc) is 3.85. The molecule has 11 rings (SSSR count). The topological polar surface area (TPSA) is 35.9 Å². The lowest BCUT2D eigenvalue weighted by Gasteiger charge is -2.13. The normalized spacial score (nSPS) is 11.9. The summed E-state index contributed by atoms with van der Waals surface area (Å²) in [6.07, 6.45) is 0. The third kappa shape index (κ3) is 4.23. The number of hydrogen-bond donors (Lipinski definition) is 0. The van der Waals surface area contributed by atoms with Crippen molar-refractivity contribution in [2.75, 3.05) is 0 Å². The van der Waals surface area contributed by atoms with E-state index in [0.717, 1.165) is 66.9 Å². The van der Waals surface area contributed by atoms with Crippen LogP contribution in [0.15, 0.2) is 180 Å². The fraction of sp³-hybridized carbons (Fsp3) is 0. The maximum Gasteiger partial charge on any atom is 0.138 e. The molecule has 4 aromatic heterocycles. The van der Waals surface area contributed by atoms with E-state index in [1.807, 2.05) is 0 Å². The maximum absolute atomic E-state index is 6.43. The largest absolute Gasteiger partial charge is 0.456 e. The molecule has 0 fully saturated rings. The third-order valence-electron chi connectivity index (χ3n) is 10.3. The molecule has 7 aromatic carbocycles. The molecule has 0 atom stereocenters. The van der Waals surface area contributed by atoms with Crippen LogP contribution in [0.25, 0.3) is 99.4 Å². The number of para-hydroxylation sites is 4. The SMILES string of the molecule is c1ccc(-c2cc(-c3ccc4oc5ccc(-n6c7ccccc7c7ccccc76)cc5c4c3)nc(-n3c4ccccc4c4ccccc43)c2)cc1. The lowest BCUT2D eigenvalue weighted by Crippen LogP contribution is -2.00. The van der Waals surface area contributed by atoms with E-state index in [2.05, 4.69) is 185 Å². The van der Waals surface area contributed by atoms with Crippen LogP contribution in [0.5, 0.6) is 0 Å². The number of pyridine rings is 1. The Bertz CT molecular complexity index is 3040. The molecule has 238 valence electrons. The van der Waals surface area contributed by atoms with E-state index >= 15 is 0 Å². The van der Waals surface area contributed by atoms with E-state index in [0.29, 0.717) is 0 Å². The van der Waals surface area contributed by atoms with E-state index in [1.165, 1.54) is 32.6 Å². The van der Waals surface area contributed by atoms with Crippen molar-refractivity contribution in [3.05, 3.63) is 176 Å². The minimum atomic E-state index is 0.856. The number of fused-ring (bicyclic) bond motifs is 9. The minimum absolute atomic E-state index is 0.856. The molecule has 0 aliphatic rings. The molecule has 0 spiro atoms. The Kier molecular flexibility index (Phi) is 5.92. The molecule has 0 aliphatic heterocycles. The van der Waals surface area contributed by atoms with Gasteiger partial charge in [-0.3, -0.25) is 4.57 Å². The van der Waals surface area contributed by atoms with Crippen molar-refractivity contribution in [3.63, 3.8) is 0 Å². The molecule has 4 nitrogen and oxygen atoms in total. The standard InChI is InChI=1S/C47H29N3O/c1-2-12-30(13-3-1)32-27-40(48-47(28-32)50-43-20-10-6-16-36(43)37-17-7-11-21-44(37)50)31-22-24-45-38(26-31)39-29-33(23-25-46(39)51-45)49-41-18-8-4-14-34(41)35-15-5-9-19-42(35)49/h1-29H. The van der Waals surface area contributed by atoms with Crippen molar-refractivity contribution in [1.82, 2.24) is 14.1 Å². The fourth-order valence-corrected chi connectivity index (χ4v) is 8.01. The molecular weight excluding hydrogens is 623 g/mol. The van der Waals surface area contributed by atoms with E-state index in [9.17, 15) is 0 Å². The predicted molar refractivity (Wildman–Crippen MR) is 211 cm³/mol. The van der Waals surface area contributed by atoms with Gasteiger partial charge in [-0.25, -0.2) is 4.98 Å². The molecule has 0 unspecified atom stereocenters. The first kappa shape index (κ1) is 28.0. The monoisotopic (exact) mass is 651 g/mol. The molecule has 0 saturated carbocycles. The lowest BCUT2D eigenvalue weighted by atomic mass is 10.0. The summed E-state index contributed by atoms with van der Waals surface area (Å²) in [7, 11) is 0. The molecule has 0 saturated heterocycles. The highest BCUT2D eigenvalue weighted by Crippen LogP contribution is 2.38. The second-order valence-corrected chi connectivity index (χ2v) is 13.2. The van der Waals surface area contributed by atoms with E-state index in [-0.39, 0.29) is 0 Å². The second-order valence-electron chi connectivity index (χ2n) is 13.2. The van der Waals surface area contributed by atoms with Crippen LogP contribution in [0.3, 0.4) is 0 Å². The van der Waals surface area contributed by atoms with Crippen LogP contribution < -0.4 is 0 Å². The van der Waals surface area contributed by atoms with Gasteiger partial charge in [-0.15, -0.1) is 0 Å². The van der Waals surface area contributed by atoms with Crippen LogP contribution in [0.4, 0.5) is 0 Å². The zero-order chi connectivity index (χ0) is 33.5. The zero-order valence-corrected chi connectivity index (χ0v) is 27.5. The van der Waals surface area contributed by atoms with Gasteiger partial charge >= 0.3 is 0 Å². The molecule has 11 aromatic rings. The Morgan fingerprint density at radius 1 is 0.353 bits per heavy atom. The summed E-state index contributed by atoms with van der Waals surface area (Å²) in [5.74, 6) is 0.884. The Labute approximate surface area is 293 Å². The first-order valence-electron chi connectivity index (χ1n) is 17.3. The summed E-state index contributed by atoms with van der Waals surface area (Å²) in [5.41, 5.74) is 11.7. The van der Waals surface area contributed by atoms with Crippen molar-refractivity contribution >= 4 is 65.6 Å². The number of hydrogen-bond acceptors (Lipinski definition) is 2. The number of rotatable bonds is 4. The Hall–Kier alpha value is -6.91.